The molecule has 3 aliphatic rings. The van der Waals surface area contributed by atoms with Crippen LogP contribution in [0.4, 0.5) is 0 Å². The maximum absolute atomic E-state index is 4.42. The molecule has 0 spiro atoms. The Morgan fingerprint density at radius 2 is 1.70 bits per heavy atom. The number of allylic oxidation sites excluding steroid dienone is 1. The molecule has 0 nitrogen and oxygen atoms in total. The van der Waals surface area contributed by atoms with Gasteiger partial charge in [0.15, 0.2) is 0 Å². The molecule has 0 saturated heterocycles. The molecule has 3 fully saturated rings. The number of hydrogen-bond donors (Lipinski definition) is 0. The van der Waals surface area contributed by atoms with E-state index in [9.17, 15) is 0 Å². The minimum Gasteiger partial charge on any atom is -0.0996 e. The summed E-state index contributed by atoms with van der Waals surface area (Å²) in [6.07, 6.45) is 9.96. The lowest BCUT2D eigenvalue weighted by atomic mass is 9.40. The van der Waals surface area contributed by atoms with Gasteiger partial charge in [-0.05, 0) is 72.5 Å². The van der Waals surface area contributed by atoms with Gasteiger partial charge in [-0.15, -0.1) is 0 Å². The Morgan fingerprint density at radius 3 is 2.40 bits per heavy atom. The smallest absolute Gasteiger partial charge is 0.0229 e. The normalized spacial score (nSPS) is 51.2. The summed E-state index contributed by atoms with van der Waals surface area (Å²) >= 11 is 0. The summed E-state index contributed by atoms with van der Waals surface area (Å²) < 4.78 is 0. The first kappa shape index (κ1) is 14.7. The Balaban J connectivity index is 1.98. The van der Waals surface area contributed by atoms with E-state index >= 15 is 0 Å². The monoisotopic (exact) mass is 274 g/mol. The molecule has 0 heteroatoms. The predicted molar refractivity (Wildman–Crippen MR) is 87.6 cm³/mol. The minimum atomic E-state index is 0.554. The Kier molecular flexibility index (Phi) is 3.20. The second-order valence-corrected chi connectivity index (χ2v) is 9.61. The van der Waals surface area contributed by atoms with Gasteiger partial charge in [0.2, 0.25) is 0 Å². The van der Waals surface area contributed by atoms with E-state index in [1.165, 1.54) is 50.5 Å². The summed E-state index contributed by atoms with van der Waals surface area (Å²) in [5.41, 5.74) is 3.24. The van der Waals surface area contributed by atoms with Crippen molar-refractivity contribution in [2.45, 2.75) is 79.6 Å². The predicted octanol–water partition coefficient (Wildman–Crippen LogP) is 6.22. The molecule has 0 aromatic carbocycles. The van der Waals surface area contributed by atoms with Gasteiger partial charge in [-0.25, -0.2) is 0 Å². The van der Waals surface area contributed by atoms with Gasteiger partial charge in [0, 0.05) is 0 Å². The van der Waals surface area contributed by atoms with Crippen molar-refractivity contribution < 1.29 is 0 Å². The van der Waals surface area contributed by atoms with Gasteiger partial charge in [0.25, 0.3) is 0 Å². The van der Waals surface area contributed by atoms with Gasteiger partial charge in [-0.2, -0.15) is 0 Å². The van der Waals surface area contributed by atoms with Crippen molar-refractivity contribution in [3.63, 3.8) is 0 Å². The molecule has 3 aliphatic carbocycles. The largest absolute Gasteiger partial charge is 0.0996 e. The molecular formula is C20H34. The highest BCUT2D eigenvalue weighted by atomic mass is 14.6. The van der Waals surface area contributed by atoms with E-state index < -0.39 is 0 Å². The Morgan fingerprint density at radius 1 is 1.00 bits per heavy atom. The number of fused-ring (bicyclic) bond motifs is 3. The van der Waals surface area contributed by atoms with Gasteiger partial charge >= 0.3 is 0 Å². The highest BCUT2D eigenvalue weighted by Crippen LogP contribution is 2.68. The second kappa shape index (κ2) is 4.37. The third-order valence-corrected chi connectivity index (χ3v) is 7.85. The average molecular weight is 274 g/mol. The quantitative estimate of drug-likeness (QED) is 0.460. The molecule has 0 amide bonds. The molecule has 0 aliphatic heterocycles. The van der Waals surface area contributed by atoms with Crippen LogP contribution in [0, 0.1) is 34.0 Å². The van der Waals surface area contributed by atoms with Gasteiger partial charge in [-0.1, -0.05) is 53.2 Å². The minimum absolute atomic E-state index is 0.554. The van der Waals surface area contributed by atoms with Crippen LogP contribution >= 0.6 is 0 Å². The molecule has 0 aromatic rings. The first-order valence-electron chi connectivity index (χ1n) is 8.87. The molecule has 5 atom stereocenters. The van der Waals surface area contributed by atoms with E-state index in [0.717, 1.165) is 17.8 Å². The fourth-order valence-corrected chi connectivity index (χ4v) is 6.78. The van der Waals surface area contributed by atoms with Crippen molar-refractivity contribution in [3.05, 3.63) is 12.2 Å². The van der Waals surface area contributed by atoms with E-state index in [1.807, 2.05) is 0 Å². The molecule has 20 heavy (non-hydrogen) atoms. The van der Waals surface area contributed by atoms with Crippen molar-refractivity contribution >= 4 is 0 Å². The van der Waals surface area contributed by atoms with Crippen molar-refractivity contribution in [2.75, 3.05) is 0 Å². The van der Waals surface area contributed by atoms with Crippen LogP contribution in [0.3, 0.4) is 0 Å². The standard InChI is InChI=1S/C20H34/c1-14-12-17-19(5,13-15(14)2)11-8-16-18(3,4)9-7-10-20(16,17)6/h15-17H,1,7-13H2,2-6H3. The molecule has 0 aromatic heterocycles. The molecule has 0 radical (unpaired) electrons. The Hall–Kier alpha value is -0.260. The van der Waals surface area contributed by atoms with Crippen LogP contribution in [-0.2, 0) is 0 Å². The van der Waals surface area contributed by atoms with E-state index in [-0.39, 0.29) is 0 Å². The summed E-state index contributed by atoms with van der Waals surface area (Å²) in [4.78, 5) is 0. The third-order valence-electron chi connectivity index (χ3n) is 7.85. The summed E-state index contributed by atoms with van der Waals surface area (Å²) in [7, 11) is 0. The first-order chi connectivity index (χ1) is 9.19. The van der Waals surface area contributed by atoms with E-state index in [1.54, 1.807) is 0 Å². The third kappa shape index (κ3) is 1.93. The molecule has 5 unspecified atom stereocenters. The van der Waals surface area contributed by atoms with E-state index in [2.05, 4.69) is 41.2 Å². The van der Waals surface area contributed by atoms with Crippen molar-refractivity contribution in [1.82, 2.24) is 0 Å². The zero-order chi connectivity index (χ0) is 14.8. The summed E-state index contributed by atoms with van der Waals surface area (Å²) in [6, 6.07) is 0. The maximum Gasteiger partial charge on any atom is -0.0229 e. The van der Waals surface area contributed by atoms with Crippen molar-refractivity contribution in [3.8, 4) is 0 Å². The molecule has 3 saturated carbocycles. The lowest BCUT2D eigenvalue weighted by Gasteiger charge is -2.65. The van der Waals surface area contributed by atoms with E-state index in [0.29, 0.717) is 16.2 Å². The highest BCUT2D eigenvalue weighted by Gasteiger charge is 2.59. The van der Waals surface area contributed by atoms with Gasteiger partial charge in [0.05, 0.1) is 0 Å². The molecule has 0 bridgehead atoms. The first-order valence-corrected chi connectivity index (χ1v) is 8.87. The lowest BCUT2D eigenvalue weighted by molar-refractivity contribution is -0.141. The zero-order valence-electron chi connectivity index (χ0n) is 14.4. The summed E-state index contributed by atoms with van der Waals surface area (Å²) in [5.74, 6) is 2.56. The van der Waals surface area contributed by atoms with Crippen LogP contribution in [0.15, 0.2) is 12.2 Å². The summed E-state index contributed by atoms with van der Waals surface area (Å²) in [5, 5.41) is 0. The zero-order valence-corrected chi connectivity index (χ0v) is 14.4. The number of hydrogen-bond acceptors (Lipinski definition) is 0. The molecule has 0 heterocycles. The van der Waals surface area contributed by atoms with Crippen LogP contribution < -0.4 is 0 Å². The topological polar surface area (TPSA) is 0 Å². The second-order valence-electron chi connectivity index (χ2n) is 9.61. The molecule has 114 valence electrons. The Labute approximate surface area is 126 Å². The Bertz CT molecular complexity index is 418. The molecular weight excluding hydrogens is 240 g/mol. The van der Waals surface area contributed by atoms with Crippen LogP contribution in [0.1, 0.15) is 79.6 Å². The van der Waals surface area contributed by atoms with Crippen LogP contribution in [0.2, 0.25) is 0 Å². The number of rotatable bonds is 0. The van der Waals surface area contributed by atoms with Gasteiger partial charge < -0.3 is 0 Å². The van der Waals surface area contributed by atoms with Crippen molar-refractivity contribution in [2.24, 2.45) is 34.0 Å². The fourth-order valence-electron chi connectivity index (χ4n) is 6.78. The maximum atomic E-state index is 4.42. The average Bonchev–Trinajstić information content (AvgIpc) is 2.31. The van der Waals surface area contributed by atoms with Crippen LogP contribution in [0.25, 0.3) is 0 Å². The molecule has 3 rings (SSSR count). The highest BCUT2D eigenvalue weighted by molar-refractivity contribution is 5.16. The molecule has 0 N–H and O–H groups in total. The van der Waals surface area contributed by atoms with Crippen LogP contribution in [0.5, 0.6) is 0 Å². The van der Waals surface area contributed by atoms with Crippen LogP contribution in [-0.4, -0.2) is 0 Å². The summed E-state index contributed by atoms with van der Waals surface area (Å²) in [6.45, 7) is 17.2. The van der Waals surface area contributed by atoms with Gasteiger partial charge in [0.1, 0.15) is 0 Å². The lowest BCUT2D eigenvalue weighted by Crippen LogP contribution is -2.56. The van der Waals surface area contributed by atoms with E-state index in [4.69, 9.17) is 0 Å². The van der Waals surface area contributed by atoms with Crippen molar-refractivity contribution in [1.29, 1.82) is 0 Å². The fraction of sp³-hybridized carbons (Fsp3) is 0.900. The SMILES string of the molecule is C=C1CC2C(C)(CCC3C(C)(C)CCCC32C)CC1C. The van der Waals surface area contributed by atoms with Gasteiger partial charge in [-0.3, -0.25) is 0 Å².